The Balaban J connectivity index is 2.18. The fourth-order valence-electron chi connectivity index (χ4n) is 3.06. The van der Waals surface area contributed by atoms with Crippen LogP contribution in [0.25, 0.3) is 0 Å². The molecule has 0 amide bonds. The third-order valence-electron chi connectivity index (χ3n) is 4.77. The van der Waals surface area contributed by atoms with E-state index in [2.05, 4.69) is 67.5 Å². The minimum atomic E-state index is 0.430. The molecule has 1 heterocycles. The first kappa shape index (κ1) is 22.5. The lowest BCUT2D eigenvalue weighted by Crippen LogP contribution is -2.37. The van der Waals surface area contributed by atoms with Gasteiger partial charge in [0.15, 0.2) is 5.00 Å². The molecule has 0 bridgehead atoms. The van der Waals surface area contributed by atoms with Crippen molar-refractivity contribution in [2.45, 2.75) is 27.2 Å². The molecule has 2 aromatic rings. The zero-order valence-electron chi connectivity index (χ0n) is 18.2. The number of nitriles is 2. The van der Waals surface area contributed by atoms with E-state index >= 15 is 0 Å². The predicted molar refractivity (Wildman–Crippen MR) is 119 cm³/mol. The van der Waals surface area contributed by atoms with Gasteiger partial charge in [0, 0.05) is 25.2 Å². The molecule has 0 N–H and O–H groups in total. The fraction of sp³-hybridized carbons (Fsp3) is 0.455. The monoisotopic (exact) mass is 409 g/mol. The van der Waals surface area contributed by atoms with Crippen LogP contribution in [0.1, 0.15) is 34.9 Å². The van der Waals surface area contributed by atoms with E-state index in [1.807, 2.05) is 13.0 Å². The summed E-state index contributed by atoms with van der Waals surface area (Å²) in [5, 5.41) is 27.6. The van der Waals surface area contributed by atoms with Crippen molar-refractivity contribution in [2.24, 2.45) is 10.2 Å². The summed E-state index contributed by atoms with van der Waals surface area (Å²) in [6, 6.07) is 10.4. The highest BCUT2D eigenvalue weighted by Gasteiger charge is 2.15. The van der Waals surface area contributed by atoms with Crippen molar-refractivity contribution >= 4 is 27.7 Å². The first-order valence-electron chi connectivity index (χ1n) is 9.71. The van der Waals surface area contributed by atoms with Crippen molar-refractivity contribution in [2.75, 3.05) is 45.7 Å². The van der Waals surface area contributed by atoms with Crippen LogP contribution in [-0.4, -0.2) is 45.3 Å². The van der Waals surface area contributed by atoms with Crippen molar-refractivity contribution < 1.29 is 4.48 Å². The van der Waals surface area contributed by atoms with Gasteiger partial charge in [0.25, 0.3) is 0 Å². The number of thiophene rings is 1. The molecule has 0 saturated carbocycles. The van der Waals surface area contributed by atoms with Crippen molar-refractivity contribution in [3.05, 3.63) is 39.8 Å². The SMILES string of the molecule is CCN(CCC[N+](C)(C)C)c1ccc(N=Nc2sc(C#N)c(C)c2C#N)c(C)c1. The number of hydrogen-bond donors (Lipinski definition) is 0. The molecular weight excluding hydrogens is 380 g/mol. The van der Waals surface area contributed by atoms with E-state index in [-0.39, 0.29) is 0 Å². The lowest BCUT2D eigenvalue weighted by Gasteiger charge is -2.28. The Bertz CT molecular complexity index is 969. The molecule has 0 spiro atoms. The third-order valence-corrected chi connectivity index (χ3v) is 5.86. The van der Waals surface area contributed by atoms with E-state index in [9.17, 15) is 5.26 Å². The Morgan fingerprint density at radius 1 is 1.10 bits per heavy atom. The van der Waals surface area contributed by atoms with Gasteiger partial charge < -0.3 is 9.38 Å². The fourth-order valence-corrected chi connectivity index (χ4v) is 3.94. The smallest absolute Gasteiger partial charge is 0.158 e. The van der Waals surface area contributed by atoms with Gasteiger partial charge in [-0.1, -0.05) is 0 Å². The summed E-state index contributed by atoms with van der Waals surface area (Å²) in [5.74, 6) is 0. The molecule has 6 nitrogen and oxygen atoms in total. The lowest BCUT2D eigenvalue weighted by atomic mass is 10.1. The number of azo groups is 1. The van der Waals surface area contributed by atoms with Crippen LogP contribution >= 0.6 is 11.3 Å². The average Bonchev–Trinajstić information content (AvgIpc) is 2.98. The molecule has 0 atom stereocenters. The summed E-state index contributed by atoms with van der Waals surface area (Å²) in [6.07, 6.45) is 1.13. The Morgan fingerprint density at radius 3 is 2.38 bits per heavy atom. The van der Waals surface area contributed by atoms with Crippen LogP contribution in [0.2, 0.25) is 0 Å². The summed E-state index contributed by atoms with van der Waals surface area (Å²) in [4.78, 5) is 2.88. The number of rotatable bonds is 8. The molecule has 0 aliphatic carbocycles. The molecule has 0 unspecified atom stereocenters. The molecule has 0 aliphatic heterocycles. The van der Waals surface area contributed by atoms with Gasteiger partial charge in [0.2, 0.25) is 0 Å². The highest BCUT2D eigenvalue weighted by atomic mass is 32.1. The minimum absolute atomic E-state index is 0.430. The quantitative estimate of drug-likeness (QED) is 0.430. The molecule has 0 radical (unpaired) electrons. The van der Waals surface area contributed by atoms with E-state index in [4.69, 9.17) is 5.26 Å². The number of benzene rings is 1. The molecule has 0 aliphatic rings. The Kier molecular flexibility index (Phi) is 7.50. The van der Waals surface area contributed by atoms with Gasteiger partial charge in [-0.25, -0.2) is 0 Å². The minimum Gasteiger partial charge on any atom is -0.372 e. The van der Waals surface area contributed by atoms with E-state index in [1.165, 1.54) is 17.0 Å². The first-order chi connectivity index (χ1) is 13.7. The molecule has 7 heteroatoms. The summed E-state index contributed by atoms with van der Waals surface area (Å²) in [5.41, 5.74) is 4.09. The second-order valence-corrected chi connectivity index (χ2v) is 9.08. The molecular formula is C22H29N6S+. The maximum atomic E-state index is 9.34. The highest BCUT2D eigenvalue weighted by Crippen LogP contribution is 2.36. The maximum absolute atomic E-state index is 9.34. The van der Waals surface area contributed by atoms with Gasteiger partial charge in [0.05, 0.1) is 38.9 Å². The van der Waals surface area contributed by atoms with Crippen molar-refractivity contribution in [3.8, 4) is 12.1 Å². The van der Waals surface area contributed by atoms with Gasteiger partial charge in [-0.2, -0.15) is 10.5 Å². The third kappa shape index (κ3) is 5.87. The first-order valence-corrected chi connectivity index (χ1v) is 10.5. The molecule has 152 valence electrons. The summed E-state index contributed by atoms with van der Waals surface area (Å²) in [7, 11) is 6.64. The Labute approximate surface area is 177 Å². The standard InChI is InChI=1S/C22H29N6S/c1-7-27(11-8-12-28(4,5)6)18-9-10-20(16(2)13-18)25-26-22-19(14-23)17(3)21(15-24)29-22/h9-10,13H,7-8,11-12H2,1-6H3/q+1. The predicted octanol–water partition coefficient (Wildman–Crippen LogP) is 5.45. The normalized spacial score (nSPS) is 11.4. The van der Waals surface area contributed by atoms with Crippen LogP contribution in [0.3, 0.4) is 0 Å². The molecule has 0 fully saturated rings. The summed E-state index contributed by atoms with van der Waals surface area (Å²) < 4.78 is 0.969. The van der Waals surface area contributed by atoms with Crippen molar-refractivity contribution in [1.82, 2.24) is 0 Å². The second-order valence-electron chi connectivity index (χ2n) is 8.08. The molecule has 1 aromatic carbocycles. The van der Waals surface area contributed by atoms with Gasteiger partial charge in [0.1, 0.15) is 17.0 Å². The van der Waals surface area contributed by atoms with Crippen LogP contribution in [0.15, 0.2) is 28.4 Å². The summed E-state index contributed by atoms with van der Waals surface area (Å²) >= 11 is 1.20. The van der Waals surface area contributed by atoms with E-state index in [0.717, 1.165) is 41.8 Å². The zero-order chi connectivity index (χ0) is 21.6. The Hall–Kier alpha value is -2.74. The number of quaternary nitrogens is 1. The average molecular weight is 410 g/mol. The largest absolute Gasteiger partial charge is 0.372 e. The van der Waals surface area contributed by atoms with Crippen LogP contribution in [-0.2, 0) is 0 Å². The van der Waals surface area contributed by atoms with E-state index in [1.54, 1.807) is 6.92 Å². The van der Waals surface area contributed by atoms with Crippen LogP contribution < -0.4 is 4.90 Å². The molecule has 0 saturated heterocycles. The molecule has 2 rings (SSSR count). The van der Waals surface area contributed by atoms with Crippen LogP contribution in [0.5, 0.6) is 0 Å². The topological polar surface area (TPSA) is 75.5 Å². The van der Waals surface area contributed by atoms with Crippen LogP contribution in [0.4, 0.5) is 16.4 Å². The summed E-state index contributed by atoms with van der Waals surface area (Å²) in [6.45, 7) is 9.06. The van der Waals surface area contributed by atoms with Gasteiger partial charge in [-0.15, -0.1) is 21.6 Å². The lowest BCUT2D eigenvalue weighted by molar-refractivity contribution is -0.870. The van der Waals surface area contributed by atoms with Gasteiger partial charge >= 0.3 is 0 Å². The van der Waals surface area contributed by atoms with Gasteiger partial charge in [-0.05, 0) is 50.1 Å². The molecule has 29 heavy (non-hydrogen) atoms. The second kappa shape index (κ2) is 9.65. The van der Waals surface area contributed by atoms with Crippen LogP contribution in [0, 0.1) is 36.5 Å². The number of anilines is 1. The van der Waals surface area contributed by atoms with Crippen molar-refractivity contribution in [3.63, 3.8) is 0 Å². The maximum Gasteiger partial charge on any atom is 0.158 e. The zero-order valence-corrected chi connectivity index (χ0v) is 19.0. The van der Waals surface area contributed by atoms with Gasteiger partial charge in [-0.3, -0.25) is 0 Å². The molecule has 1 aromatic heterocycles. The number of hydrogen-bond acceptors (Lipinski definition) is 6. The highest BCUT2D eigenvalue weighted by molar-refractivity contribution is 7.16. The number of aryl methyl sites for hydroxylation is 1. The Morgan fingerprint density at radius 2 is 1.83 bits per heavy atom. The number of nitrogens with zero attached hydrogens (tertiary/aromatic N) is 6. The van der Waals surface area contributed by atoms with Crippen molar-refractivity contribution in [1.29, 1.82) is 10.5 Å². The van der Waals surface area contributed by atoms with E-state index in [0.29, 0.717) is 21.0 Å². The van der Waals surface area contributed by atoms with E-state index < -0.39 is 0 Å².